The highest BCUT2D eigenvalue weighted by Gasteiger charge is 2.19. The Kier molecular flexibility index (Phi) is 6.07. The fourth-order valence-corrected chi connectivity index (χ4v) is 4.83. The van der Waals surface area contributed by atoms with Gasteiger partial charge in [0.15, 0.2) is 0 Å². The van der Waals surface area contributed by atoms with Crippen LogP contribution < -0.4 is 9.44 Å². The minimum Gasteiger partial charge on any atom is -0.468 e. The number of hydrogen-bond acceptors (Lipinski definition) is 5. The number of anilines is 1. The van der Waals surface area contributed by atoms with Crippen molar-refractivity contribution in [1.82, 2.24) is 4.72 Å². The molecule has 1 aromatic heterocycles. The molecular formula is C21H24N2O5S2. The highest BCUT2D eigenvalue weighted by molar-refractivity contribution is 7.92. The summed E-state index contributed by atoms with van der Waals surface area (Å²) < 4.78 is 60.4. The second-order valence-corrected chi connectivity index (χ2v) is 11.3. The zero-order valence-corrected chi connectivity index (χ0v) is 18.5. The first-order chi connectivity index (χ1) is 14.0. The molecule has 3 rings (SSSR count). The van der Waals surface area contributed by atoms with Gasteiger partial charge in [-0.3, -0.25) is 4.72 Å². The van der Waals surface area contributed by atoms with Gasteiger partial charge in [0.1, 0.15) is 5.76 Å². The first kappa shape index (κ1) is 22.1. The van der Waals surface area contributed by atoms with E-state index in [2.05, 4.69) is 9.44 Å². The number of rotatable bonds is 7. The van der Waals surface area contributed by atoms with Gasteiger partial charge >= 0.3 is 0 Å². The number of benzene rings is 2. The van der Waals surface area contributed by atoms with Crippen molar-refractivity contribution in [2.45, 2.75) is 42.5 Å². The van der Waals surface area contributed by atoms with Gasteiger partial charge in [-0.2, -0.15) is 0 Å². The van der Waals surface area contributed by atoms with Gasteiger partial charge in [0, 0.05) is 0 Å². The van der Waals surface area contributed by atoms with Crippen LogP contribution in [0, 0.1) is 0 Å². The topological polar surface area (TPSA) is 105 Å². The van der Waals surface area contributed by atoms with E-state index >= 15 is 0 Å². The van der Waals surface area contributed by atoms with E-state index in [1.165, 1.54) is 42.7 Å². The first-order valence-corrected chi connectivity index (χ1v) is 12.2. The number of furan rings is 1. The van der Waals surface area contributed by atoms with Crippen LogP contribution in [0.2, 0.25) is 0 Å². The zero-order chi connectivity index (χ0) is 22.0. The lowest BCUT2D eigenvalue weighted by atomic mass is 9.87. The average molecular weight is 449 g/mol. The van der Waals surface area contributed by atoms with Crippen LogP contribution >= 0.6 is 0 Å². The standard InChI is InChI=1S/C21H24N2O5S2/c1-21(2,3)16-9-11-19(12-10-16)30(26,27)23-17-6-4-8-20(14-17)29(24,25)22-15-18-7-5-13-28-18/h4-14,22-23H,15H2,1-3H3. The molecule has 0 radical (unpaired) electrons. The summed E-state index contributed by atoms with van der Waals surface area (Å²) in [6.45, 7) is 6.12. The Morgan fingerprint density at radius 1 is 0.833 bits per heavy atom. The Labute approximate surface area is 177 Å². The molecule has 1 heterocycles. The van der Waals surface area contributed by atoms with Crippen LogP contribution in [0.3, 0.4) is 0 Å². The number of hydrogen-bond donors (Lipinski definition) is 2. The van der Waals surface area contributed by atoms with Crippen LogP contribution in [0.1, 0.15) is 32.1 Å². The lowest BCUT2D eigenvalue weighted by molar-refractivity contribution is 0.498. The SMILES string of the molecule is CC(C)(C)c1ccc(S(=O)(=O)Nc2cccc(S(=O)(=O)NCc3ccco3)c2)cc1. The summed E-state index contributed by atoms with van der Waals surface area (Å²) in [5, 5.41) is 0. The Morgan fingerprint density at radius 3 is 2.13 bits per heavy atom. The maximum absolute atomic E-state index is 12.7. The summed E-state index contributed by atoms with van der Waals surface area (Å²) in [6, 6.07) is 15.6. The zero-order valence-electron chi connectivity index (χ0n) is 16.9. The third-order valence-corrected chi connectivity index (χ3v) is 7.24. The maximum Gasteiger partial charge on any atom is 0.261 e. The van der Waals surface area contributed by atoms with Crippen LogP contribution in [0.4, 0.5) is 5.69 Å². The van der Waals surface area contributed by atoms with Gasteiger partial charge in [-0.25, -0.2) is 21.6 Å². The molecule has 7 nitrogen and oxygen atoms in total. The van der Waals surface area contributed by atoms with E-state index in [1.54, 1.807) is 24.3 Å². The fraction of sp³-hybridized carbons (Fsp3) is 0.238. The second-order valence-electron chi connectivity index (χ2n) is 7.81. The van der Waals surface area contributed by atoms with Gasteiger partial charge in [-0.05, 0) is 53.4 Å². The van der Waals surface area contributed by atoms with Gasteiger partial charge in [0.2, 0.25) is 10.0 Å². The molecular weight excluding hydrogens is 424 g/mol. The molecule has 2 aromatic carbocycles. The van der Waals surface area contributed by atoms with Crippen LogP contribution in [0.25, 0.3) is 0 Å². The molecule has 0 atom stereocenters. The van der Waals surface area contributed by atoms with Gasteiger partial charge in [-0.15, -0.1) is 0 Å². The van der Waals surface area contributed by atoms with Crippen molar-refractivity contribution < 1.29 is 21.3 Å². The van der Waals surface area contributed by atoms with E-state index in [1.807, 2.05) is 20.8 Å². The first-order valence-electron chi connectivity index (χ1n) is 9.23. The fourth-order valence-electron chi connectivity index (χ4n) is 2.74. The molecule has 0 aliphatic rings. The molecule has 30 heavy (non-hydrogen) atoms. The van der Waals surface area contributed by atoms with E-state index in [4.69, 9.17) is 4.42 Å². The predicted octanol–water partition coefficient (Wildman–Crippen LogP) is 3.86. The van der Waals surface area contributed by atoms with E-state index in [0.717, 1.165) is 5.56 Å². The van der Waals surface area contributed by atoms with Gasteiger partial charge in [-0.1, -0.05) is 39.0 Å². The molecule has 0 amide bonds. The summed E-state index contributed by atoms with van der Waals surface area (Å²) in [5.41, 5.74) is 1.06. The average Bonchev–Trinajstić information content (AvgIpc) is 3.19. The monoisotopic (exact) mass is 448 g/mol. The molecule has 0 saturated carbocycles. The quantitative estimate of drug-likeness (QED) is 0.571. The second kappa shape index (κ2) is 8.25. The highest BCUT2D eigenvalue weighted by atomic mass is 32.2. The van der Waals surface area contributed by atoms with Crippen LogP contribution in [-0.2, 0) is 32.0 Å². The van der Waals surface area contributed by atoms with Crippen molar-refractivity contribution in [2.75, 3.05) is 4.72 Å². The largest absolute Gasteiger partial charge is 0.468 e. The molecule has 0 aliphatic heterocycles. The third-order valence-electron chi connectivity index (χ3n) is 4.44. The van der Waals surface area contributed by atoms with Crippen LogP contribution in [-0.4, -0.2) is 16.8 Å². The summed E-state index contributed by atoms with van der Waals surface area (Å²) in [7, 11) is -7.71. The van der Waals surface area contributed by atoms with Crippen molar-refractivity contribution in [3.05, 3.63) is 78.3 Å². The molecule has 0 spiro atoms. The molecule has 160 valence electrons. The van der Waals surface area contributed by atoms with E-state index < -0.39 is 20.0 Å². The minimum absolute atomic E-state index is 0.00852. The minimum atomic E-state index is -3.87. The van der Waals surface area contributed by atoms with Gasteiger partial charge in [0.05, 0.1) is 28.3 Å². The Hall–Kier alpha value is -2.62. The summed E-state index contributed by atoms with van der Waals surface area (Å²) in [4.78, 5) is 0.0389. The Balaban J connectivity index is 1.78. The van der Waals surface area contributed by atoms with E-state index in [9.17, 15) is 16.8 Å². The molecule has 0 saturated heterocycles. The molecule has 0 fully saturated rings. The Bertz CT molecular complexity index is 1210. The summed E-state index contributed by atoms with van der Waals surface area (Å²) in [6.07, 6.45) is 1.45. The third kappa shape index (κ3) is 5.29. The van der Waals surface area contributed by atoms with Crippen molar-refractivity contribution in [3.8, 4) is 0 Å². The van der Waals surface area contributed by atoms with E-state index in [0.29, 0.717) is 5.76 Å². The molecule has 0 bridgehead atoms. The lowest BCUT2D eigenvalue weighted by Gasteiger charge is -2.19. The predicted molar refractivity (Wildman–Crippen MR) is 115 cm³/mol. The van der Waals surface area contributed by atoms with Crippen molar-refractivity contribution in [3.63, 3.8) is 0 Å². The molecule has 0 unspecified atom stereocenters. The summed E-state index contributed by atoms with van der Waals surface area (Å²) >= 11 is 0. The van der Waals surface area contributed by atoms with Crippen molar-refractivity contribution in [1.29, 1.82) is 0 Å². The van der Waals surface area contributed by atoms with Gasteiger partial charge < -0.3 is 4.42 Å². The normalized spacial score (nSPS) is 12.6. The molecule has 3 aromatic rings. The lowest BCUT2D eigenvalue weighted by Crippen LogP contribution is -2.23. The van der Waals surface area contributed by atoms with Crippen molar-refractivity contribution in [2.24, 2.45) is 0 Å². The van der Waals surface area contributed by atoms with E-state index in [-0.39, 0.29) is 27.4 Å². The van der Waals surface area contributed by atoms with Crippen LogP contribution in [0.5, 0.6) is 0 Å². The van der Waals surface area contributed by atoms with Crippen molar-refractivity contribution >= 4 is 25.7 Å². The highest BCUT2D eigenvalue weighted by Crippen LogP contribution is 2.25. The van der Waals surface area contributed by atoms with Crippen LogP contribution in [0.15, 0.2) is 81.1 Å². The molecule has 0 aliphatic carbocycles. The summed E-state index contributed by atoms with van der Waals surface area (Å²) in [5.74, 6) is 0.467. The number of nitrogens with one attached hydrogen (secondary N) is 2. The number of sulfonamides is 2. The molecule has 9 heteroatoms. The smallest absolute Gasteiger partial charge is 0.261 e. The van der Waals surface area contributed by atoms with Gasteiger partial charge in [0.25, 0.3) is 10.0 Å². The maximum atomic E-state index is 12.7. The Morgan fingerprint density at radius 2 is 1.53 bits per heavy atom. The molecule has 2 N–H and O–H groups in total.